The molecule has 2 fully saturated rings. The molecule has 8 nitrogen and oxygen atoms in total. The van der Waals surface area contributed by atoms with Gasteiger partial charge in [-0.2, -0.15) is 0 Å². The summed E-state index contributed by atoms with van der Waals surface area (Å²) < 4.78 is 20.0. The molecule has 4 rings (SSSR count). The summed E-state index contributed by atoms with van der Waals surface area (Å²) in [4.78, 5) is 37.8. The average molecular weight is 455 g/mol. The maximum Gasteiger partial charge on any atom is 0.329 e. The molecule has 5 amide bonds. The minimum atomic E-state index is -0.717. The largest absolute Gasteiger partial charge is 0.381 e. The first kappa shape index (κ1) is 22.7. The van der Waals surface area contributed by atoms with Crippen LogP contribution in [0.3, 0.4) is 0 Å². The van der Waals surface area contributed by atoms with Gasteiger partial charge >= 0.3 is 12.1 Å². The van der Waals surface area contributed by atoms with Gasteiger partial charge in [0.1, 0.15) is 5.82 Å². The predicted octanol–water partition coefficient (Wildman–Crippen LogP) is 3.87. The van der Waals surface area contributed by atoms with Crippen LogP contribution in [0.25, 0.3) is 0 Å². The Bertz CT molecular complexity index is 1020. The van der Waals surface area contributed by atoms with Crippen LogP contribution in [0.1, 0.15) is 36.4 Å². The summed E-state index contributed by atoms with van der Waals surface area (Å²) in [6.45, 7) is 2.81. The Morgan fingerprint density at radius 3 is 2.58 bits per heavy atom. The van der Waals surface area contributed by atoms with Gasteiger partial charge < -0.3 is 20.7 Å². The normalized spacial score (nSPS) is 17.6. The summed E-state index contributed by atoms with van der Waals surface area (Å²) in [5.74, 6) is -0.835. The zero-order chi connectivity index (χ0) is 23.4. The lowest BCUT2D eigenvalue weighted by molar-refractivity contribution is -0.115. The third-order valence-electron chi connectivity index (χ3n) is 6.11. The van der Waals surface area contributed by atoms with E-state index >= 15 is 0 Å². The van der Waals surface area contributed by atoms with E-state index in [-0.39, 0.29) is 23.8 Å². The van der Waals surface area contributed by atoms with Crippen LogP contribution in [0.2, 0.25) is 0 Å². The van der Waals surface area contributed by atoms with E-state index in [9.17, 15) is 18.8 Å². The SMILES string of the molecule is Cc1c(NC(=O)NC(CC2CCOCC2)c2ccccc2)ccc(F)c1N1C(=O)CNC1=O. The summed E-state index contributed by atoms with van der Waals surface area (Å²) in [5, 5.41) is 8.17. The number of carbonyl (C=O) groups is 3. The van der Waals surface area contributed by atoms with Crippen LogP contribution < -0.4 is 20.9 Å². The molecular formula is C24H27FN4O4. The minimum absolute atomic E-state index is 0.158. The highest BCUT2D eigenvalue weighted by molar-refractivity contribution is 6.20. The number of anilines is 2. The van der Waals surface area contributed by atoms with Crippen molar-refractivity contribution in [3.63, 3.8) is 0 Å². The number of rotatable bonds is 6. The Morgan fingerprint density at radius 1 is 1.18 bits per heavy atom. The molecule has 9 heteroatoms. The molecule has 2 saturated heterocycles. The van der Waals surface area contributed by atoms with Gasteiger partial charge in [0.25, 0.3) is 5.91 Å². The van der Waals surface area contributed by atoms with Gasteiger partial charge in [0, 0.05) is 18.9 Å². The smallest absolute Gasteiger partial charge is 0.329 e. The molecule has 0 aromatic heterocycles. The average Bonchev–Trinajstić information content (AvgIpc) is 3.15. The van der Waals surface area contributed by atoms with Crippen molar-refractivity contribution in [2.24, 2.45) is 5.92 Å². The van der Waals surface area contributed by atoms with Crippen molar-refractivity contribution in [3.8, 4) is 0 Å². The van der Waals surface area contributed by atoms with E-state index in [1.807, 2.05) is 30.3 Å². The summed E-state index contributed by atoms with van der Waals surface area (Å²) in [6.07, 6.45) is 2.66. The molecule has 0 saturated carbocycles. The molecule has 2 aliphatic heterocycles. The summed E-state index contributed by atoms with van der Waals surface area (Å²) >= 11 is 0. The Kier molecular flexibility index (Phi) is 6.88. The van der Waals surface area contributed by atoms with E-state index in [4.69, 9.17) is 4.74 Å². The number of urea groups is 2. The number of nitrogens with zero attached hydrogens (tertiary/aromatic N) is 1. The van der Waals surface area contributed by atoms with Crippen molar-refractivity contribution in [2.75, 3.05) is 30.0 Å². The van der Waals surface area contributed by atoms with Gasteiger partial charge in [-0.1, -0.05) is 30.3 Å². The fourth-order valence-electron chi connectivity index (χ4n) is 4.32. The maximum absolute atomic E-state index is 14.5. The molecule has 0 bridgehead atoms. The highest BCUT2D eigenvalue weighted by Gasteiger charge is 2.34. The van der Waals surface area contributed by atoms with Gasteiger partial charge in [-0.3, -0.25) is 4.79 Å². The van der Waals surface area contributed by atoms with Gasteiger partial charge in [0.05, 0.1) is 18.3 Å². The Balaban J connectivity index is 1.52. The first-order chi connectivity index (χ1) is 15.9. The predicted molar refractivity (Wildman–Crippen MR) is 122 cm³/mol. The van der Waals surface area contributed by atoms with Crippen LogP contribution in [0, 0.1) is 18.7 Å². The van der Waals surface area contributed by atoms with Crippen molar-refractivity contribution < 1.29 is 23.5 Å². The molecular weight excluding hydrogens is 427 g/mol. The third-order valence-corrected chi connectivity index (χ3v) is 6.11. The second kappa shape index (κ2) is 9.99. The molecule has 2 aliphatic rings. The topological polar surface area (TPSA) is 99.8 Å². The summed E-state index contributed by atoms with van der Waals surface area (Å²) in [5.41, 5.74) is 1.44. The molecule has 2 heterocycles. The van der Waals surface area contributed by atoms with Crippen molar-refractivity contribution >= 4 is 29.3 Å². The van der Waals surface area contributed by atoms with Gasteiger partial charge in [0.15, 0.2) is 0 Å². The Labute approximate surface area is 191 Å². The van der Waals surface area contributed by atoms with E-state index in [1.54, 1.807) is 6.92 Å². The molecule has 174 valence electrons. The molecule has 3 N–H and O–H groups in total. The Hall–Kier alpha value is -3.46. The molecule has 0 radical (unpaired) electrons. The number of nitrogens with one attached hydrogen (secondary N) is 3. The molecule has 0 aliphatic carbocycles. The zero-order valence-corrected chi connectivity index (χ0v) is 18.4. The summed E-state index contributed by atoms with van der Waals surface area (Å²) in [6, 6.07) is 10.9. The number of imide groups is 1. The molecule has 2 aromatic rings. The molecule has 2 aromatic carbocycles. The van der Waals surface area contributed by atoms with Gasteiger partial charge in [0.2, 0.25) is 0 Å². The third kappa shape index (κ3) is 5.14. The minimum Gasteiger partial charge on any atom is -0.381 e. The molecule has 1 unspecified atom stereocenters. The second-order valence-electron chi connectivity index (χ2n) is 8.31. The lowest BCUT2D eigenvalue weighted by Crippen LogP contribution is -2.35. The monoisotopic (exact) mass is 454 g/mol. The number of halogens is 1. The Morgan fingerprint density at radius 2 is 1.91 bits per heavy atom. The molecule has 33 heavy (non-hydrogen) atoms. The highest BCUT2D eigenvalue weighted by atomic mass is 19.1. The zero-order valence-electron chi connectivity index (χ0n) is 18.4. The number of hydrogen-bond acceptors (Lipinski definition) is 4. The van der Waals surface area contributed by atoms with E-state index in [1.165, 1.54) is 6.07 Å². The lowest BCUT2D eigenvalue weighted by atomic mass is 9.89. The number of ether oxygens (including phenoxy) is 1. The number of amides is 5. The van der Waals surface area contributed by atoms with Crippen molar-refractivity contribution in [3.05, 3.63) is 59.4 Å². The van der Waals surface area contributed by atoms with Crippen molar-refractivity contribution in [1.82, 2.24) is 10.6 Å². The first-order valence-electron chi connectivity index (χ1n) is 11.0. The van der Waals surface area contributed by atoms with Gasteiger partial charge in [-0.25, -0.2) is 18.9 Å². The number of benzene rings is 2. The standard InChI is InChI=1S/C24H27FN4O4/c1-15-19(8-7-18(25)22(15)29-21(30)14-26-24(29)32)27-23(31)28-20(17-5-3-2-4-6-17)13-16-9-11-33-12-10-16/h2-8,16,20H,9-14H2,1H3,(H,26,32)(H2,27,28,31). The van der Waals surface area contributed by atoms with Crippen LogP contribution >= 0.6 is 0 Å². The molecule has 0 spiro atoms. The van der Waals surface area contributed by atoms with Crippen LogP contribution in [0.4, 0.5) is 25.4 Å². The second-order valence-corrected chi connectivity index (χ2v) is 8.31. The fraction of sp³-hybridized carbons (Fsp3) is 0.375. The fourth-order valence-corrected chi connectivity index (χ4v) is 4.32. The van der Waals surface area contributed by atoms with Crippen LogP contribution in [0.15, 0.2) is 42.5 Å². The number of carbonyl (C=O) groups excluding carboxylic acids is 3. The lowest BCUT2D eigenvalue weighted by Gasteiger charge is -2.28. The quantitative estimate of drug-likeness (QED) is 0.577. The van der Waals surface area contributed by atoms with Crippen LogP contribution in [0.5, 0.6) is 0 Å². The molecule has 1 atom stereocenters. The van der Waals surface area contributed by atoms with E-state index in [0.717, 1.165) is 49.0 Å². The highest BCUT2D eigenvalue weighted by Crippen LogP contribution is 2.32. The van der Waals surface area contributed by atoms with Gasteiger partial charge in [-0.15, -0.1) is 0 Å². The van der Waals surface area contributed by atoms with E-state index < -0.39 is 23.8 Å². The van der Waals surface area contributed by atoms with Gasteiger partial charge in [-0.05, 0) is 55.4 Å². The maximum atomic E-state index is 14.5. The van der Waals surface area contributed by atoms with Crippen molar-refractivity contribution in [2.45, 2.75) is 32.2 Å². The van der Waals surface area contributed by atoms with E-state index in [2.05, 4.69) is 16.0 Å². The summed E-state index contributed by atoms with van der Waals surface area (Å²) in [7, 11) is 0. The van der Waals surface area contributed by atoms with E-state index in [0.29, 0.717) is 11.6 Å². The van der Waals surface area contributed by atoms with Crippen LogP contribution in [-0.4, -0.2) is 37.7 Å². The first-order valence-corrected chi connectivity index (χ1v) is 11.0. The van der Waals surface area contributed by atoms with Crippen molar-refractivity contribution in [1.29, 1.82) is 0 Å². The number of hydrogen-bond donors (Lipinski definition) is 3. The van der Waals surface area contributed by atoms with Crippen LogP contribution in [-0.2, 0) is 9.53 Å².